The second kappa shape index (κ2) is 10.6. The van der Waals surface area contributed by atoms with Crippen LogP contribution in [-0.4, -0.2) is 50.9 Å². The lowest BCUT2D eigenvalue weighted by Crippen LogP contribution is -2.16. The van der Waals surface area contributed by atoms with Crippen molar-refractivity contribution < 1.29 is 28.5 Å². The van der Waals surface area contributed by atoms with E-state index >= 15 is 0 Å². The van der Waals surface area contributed by atoms with Crippen molar-refractivity contribution in [1.29, 1.82) is 0 Å². The molecule has 0 saturated carbocycles. The molecule has 1 atom stereocenters. The topological polar surface area (TPSA) is 76.0 Å². The lowest BCUT2D eigenvalue weighted by Gasteiger charge is -2.17. The van der Waals surface area contributed by atoms with Gasteiger partial charge in [0, 0.05) is 35.7 Å². The Labute approximate surface area is 177 Å². The minimum absolute atomic E-state index is 0.0971. The molecule has 0 saturated heterocycles. The number of nitrogens with zero attached hydrogens (tertiary/aromatic N) is 1. The predicted molar refractivity (Wildman–Crippen MR) is 114 cm³/mol. The van der Waals surface area contributed by atoms with Gasteiger partial charge in [0.25, 0.3) is 0 Å². The third kappa shape index (κ3) is 5.30. The van der Waals surface area contributed by atoms with E-state index < -0.39 is 5.97 Å². The lowest BCUT2D eigenvalue weighted by atomic mass is 10.1. The maximum atomic E-state index is 12.6. The molecule has 0 radical (unpaired) electrons. The fraction of sp³-hybridized carbons (Fsp3) is 0.391. The molecule has 30 heavy (non-hydrogen) atoms. The molecular weight excluding hydrogens is 386 g/mol. The Balaban J connectivity index is 2.05. The van der Waals surface area contributed by atoms with E-state index in [-0.39, 0.29) is 18.4 Å². The van der Waals surface area contributed by atoms with E-state index in [2.05, 4.69) is 0 Å². The van der Waals surface area contributed by atoms with Crippen LogP contribution < -0.4 is 9.47 Å². The smallest absolute Gasteiger partial charge is 0.331 e. The Morgan fingerprint density at radius 1 is 1.13 bits per heavy atom. The molecule has 2 aromatic rings. The SMILES string of the molecule is COC[C@@H](C)n1c(C)cc(C(=O)COC(=O)/C=C/c2cccc(OC)c2OC)c1C. The van der Waals surface area contributed by atoms with Gasteiger partial charge in [0.2, 0.25) is 5.78 Å². The van der Waals surface area contributed by atoms with Crippen molar-refractivity contribution in [1.82, 2.24) is 4.57 Å². The van der Waals surface area contributed by atoms with E-state index in [4.69, 9.17) is 18.9 Å². The number of aryl methyl sites for hydroxylation is 1. The number of carbonyl (C=O) groups is 2. The van der Waals surface area contributed by atoms with Crippen LogP contribution in [0.3, 0.4) is 0 Å². The Morgan fingerprint density at radius 3 is 2.50 bits per heavy atom. The van der Waals surface area contributed by atoms with Crippen LogP contribution in [0, 0.1) is 13.8 Å². The zero-order valence-corrected chi connectivity index (χ0v) is 18.4. The van der Waals surface area contributed by atoms with Crippen molar-refractivity contribution in [3.63, 3.8) is 0 Å². The van der Waals surface area contributed by atoms with Crippen LogP contribution >= 0.6 is 0 Å². The van der Waals surface area contributed by atoms with E-state index in [0.717, 1.165) is 11.4 Å². The van der Waals surface area contributed by atoms with Crippen molar-refractivity contribution >= 4 is 17.8 Å². The summed E-state index contributed by atoms with van der Waals surface area (Å²) in [6, 6.07) is 7.24. The maximum absolute atomic E-state index is 12.6. The first-order chi connectivity index (χ1) is 14.3. The average molecular weight is 415 g/mol. The van der Waals surface area contributed by atoms with Gasteiger partial charge in [-0.3, -0.25) is 4.79 Å². The van der Waals surface area contributed by atoms with Crippen LogP contribution in [0.25, 0.3) is 6.08 Å². The van der Waals surface area contributed by atoms with Gasteiger partial charge in [0.1, 0.15) is 0 Å². The molecule has 0 aliphatic heterocycles. The maximum Gasteiger partial charge on any atom is 0.331 e. The molecule has 1 aromatic heterocycles. The highest BCUT2D eigenvalue weighted by atomic mass is 16.5. The number of Topliss-reactive ketones (excluding diaryl/α,β-unsaturated/α-hetero) is 1. The molecule has 1 heterocycles. The van der Waals surface area contributed by atoms with Crippen LogP contribution in [0.15, 0.2) is 30.3 Å². The third-order valence-electron chi connectivity index (χ3n) is 4.81. The molecule has 1 aromatic carbocycles. The number of benzene rings is 1. The highest BCUT2D eigenvalue weighted by Crippen LogP contribution is 2.31. The number of hydrogen-bond acceptors (Lipinski definition) is 6. The molecule has 2 rings (SSSR count). The van der Waals surface area contributed by atoms with Crippen molar-refractivity contribution in [3.05, 3.63) is 52.9 Å². The van der Waals surface area contributed by atoms with Crippen LogP contribution in [0.5, 0.6) is 11.5 Å². The summed E-state index contributed by atoms with van der Waals surface area (Å²) in [6.45, 7) is 6.05. The van der Waals surface area contributed by atoms with Gasteiger partial charge < -0.3 is 23.5 Å². The van der Waals surface area contributed by atoms with Gasteiger partial charge in [0.15, 0.2) is 18.1 Å². The standard InChI is InChI=1S/C23H29NO6/c1-15-12-19(17(3)24(15)16(2)13-27-4)20(25)14-30-22(26)11-10-18-8-7-9-21(28-5)23(18)29-6/h7-12,16H,13-14H2,1-6H3/b11-10+/t16-/m1/s1. The number of para-hydroxylation sites is 1. The molecule has 0 aliphatic carbocycles. The van der Waals surface area contributed by atoms with Crippen molar-refractivity contribution in [3.8, 4) is 11.5 Å². The quantitative estimate of drug-likeness (QED) is 0.334. The Kier molecular flexibility index (Phi) is 8.24. The zero-order valence-electron chi connectivity index (χ0n) is 18.4. The van der Waals surface area contributed by atoms with Gasteiger partial charge in [-0.05, 0) is 39.0 Å². The first kappa shape index (κ1) is 23.2. The number of carbonyl (C=O) groups excluding carboxylic acids is 2. The highest BCUT2D eigenvalue weighted by Gasteiger charge is 2.19. The van der Waals surface area contributed by atoms with E-state index in [1.54, 1.807) is 31.4 Å². The molecule has 0 spiro atoms. The van der Waals surface area contributed by atoms with E-state index in [9.17, 15) is 9.59 Å². The number of hydrogen-bond donors (Lipinski definition) is 0. The number of ketones is 1. The van der Waals surface area contributed by atoms with E-state index in [1.807, 2.05) is 31.4 Å². The molecule has 0 N–H and O–H groups in total. The second-order valence-corrected chi connectivity index (χ2v) is 6.91. The molecular formula is C23H29NO6. The van der Waals surface area contributed by atoms with Gasteiger partial charge in [-0.2, -0.15) is 0 Å². The monoisotopic (exact) mass is 415 g/mol. The number of rotatable bonds is 10. The van der Waals surface area contributed by atoms with Gasteiger partial charge in [-0.1, -0.05) is 12.1 Å². The van der Waals surface area contributed by atoms with Gasteiger partial charge >= 0.3 is 5.97 Å². The number of esters is 1. The second-order valence-electron chi connectivity index (χ2n) is 6.91. The predicted octanol–water partition coefficient (Wildman–Crippen LogP) is 3.77. The minimum Gasteiger partial charge on any atom is -0.493 e. The fourth-order valence-electron chi connectivity index (χ4n) is 3.52. The number of ether oxygens (including phenoxy) is 4. The number of methoxy groups -OCH3 is 3. The van der Waals surface area contributed by atoms with E-state index in [0.29, 0.717) is 29.2 Å². The summed E-state index contributed by atoms with van der Waals surface area (Å²) in [7, 11) is 4.71. The Morgan fingerprint density at radius 2 is 1.87 bits per heavy atom. The van der Waals surface area contributed by atoms with E-state index in [1.165, 1.54) is 20.3 Å². The molecule has 0 bridgehead atoms. The fourth-order valence-corrected chi connectivity index (χ4v) is 3.52. The first-order valence-corrected chi connectivity index (χ1v) is 9.60. The molecule has 0 fully saturated rings. The average Bonchev–Trinajstić information content (AvgIpc) is 3.04. The van der Waals surface area contributed by atoms with Crippen LogP contribution in [0.2, 0.25) is 0 Å². The molecule has 162 valence electrons. The molecule has 0 aliphatic rings. The zero-order chi connectivity index (χ0) is 22.3. The van der Waals surface area contributed by atoms with Crippen LogP contribution in [0.4, 0.5) is 0 Å². The summed E-state index contributed by atoms with van der Waals surface area (Å²) in [4.78, 5) is 24.7. The van der Waals surface area contributed by atoms with Gasteiger partial charge in [0.05, 0.1) is 26.9 Å². The lowest BCUT2D eigenvalue weighted by molar-refractivity contribution is -0.136. The highest BCUT2D eigenvalue weighted by molar-refractivity contribution is 6.00. The van der Waals surface area contributed by atoms with Crippen LogP contribution in [-0.2, 0) is 14.3 Å². The van der Waals surface area contributed by atoms with Gasteiger partial charge in [-0.25, -0.2) is 4.79 Å². The number of aromatic nitrogens is 1. The van der Waals surface area contributed by atoms with Crippen molar-refractivity contribution in [2.75, 3.05) is 34.5 Å². The Bertz CT molecular complexity index is 928. The summed E-state index contributed by atoms with van der Waals surface area (Å²) in [5.74, 6) is 0.202. The molecule has 0 amide bonds. The summed E-state index contributed by atoms with van der Waals surface area (Å²) >= 11 is 0. The summed E-state index contributed by atoms with van der Waals surface area (Å²) in [6.07, 6.45) is 2.82. The molecule has 7 heteroatoms. The summed E-state index contributed by atoms with van der Waals surface area (Å²) < 4.78 is 23.0. The van der Waals surface area contributed by atoms with Crippen LogP contribution in [0.1, 0.15) is 40.3 Å². The third-order valence-corrected chi connectivity index (χ3v) is 4.81. The Hall–Kier alpha value is -3.06. The van der Waals surface area contributed by atoms with Crippen molar-refractivity contribution in [2.45, 2.75) is 26.8 Å². The summed E-state index contributed by atoms with van der Waals surface area (Å²) in [5, 5.41) is 0. The summed E-state index contributed by atoms with van der Waals surface area (Å²) in [5.41, 5.74) is 2.99. The molecule has 7 nitrogen and oxygen atoms in total. The minimum atomic E-state index is -0.616. The first-order valence-electron chi connectivity index (χ1n) is 9.60. The van der Waals surface area contributed by atoms with Crippen molar-refractivity contribution in [2.24, 2.45) is 0 Å². The molecule has 0 unspecified atom stereocenters. The largest absolute Gasteiger partial charge is 0.493 e. The van der Waals surface area contributed by atoms with Gasteiger partial charge in [-0.15, -0.1) is 0 Å². The normalized spacial score (nSPS) is 12.1.